The van der Waals surface area contributed by atoms with Gasteiger partial charge >= 0.3 is 0 Å². The molecule has 0 unspecified atom stereocenters. The molecule has 1 aliphatic heterocycles. The summed E-state index contributed by atoms with van der Waals surface area (Å²) in [5.41, 5.74) is 4.51. The van der Waals surface area contributed by atoms with E-state index in [0.29, 0.717) is 5.56 Å². The maximum atomic E-state index is 12.4. The van der Waals surface area contributed by atoms with Crippen molar-refractivity contribution in [3.63, 3.8) is 0 Å². The summed E-state index contributed by atoms with van der Waals surface area (Å²) in [7, 11) is 0. The molecule has 0 spiro atoms. The summed E-state index contributed by atoms with van der Waals surface area (Å²) in [4.78, 5) is 42.6. The first-order valence-corrected chi connectivity index (χ1v) is 8.02. The first-order chi connectivity index (χ1) is 12.1. The molecule has 0 atom stereocenters. The Kier molecular flexibility index (Phi) is 5.20. The predicted molar refractivity (Wildman–Crippen MR) is 90.2 cm³/mol. The molecule has 6 nitrogen and oxygen atoms in total. The van der Waals surface area contributed by atoms with Gasteiger partial charge in [0.2, 0.25) is 11.8 Å². The number of carbonyl (C=O) groups is 3. The molecule has 0 fully saturated rings. The highest BCUT2D eigenvalue weighted by Gasteiger charge is 2.30. The highest BCUT2D eigenvalue weighted by Crippen LogP contribution is 2.19. The van der Waals surface area contributed by atoms with Crippen molar-refractivity contribution in [3.8, 4) is 0 Å². The van der Waals surface area contributed by atoms with Gasteiger partial charge in [-0.15, -0.1) is 0 Å². The van der Waals surface area contributed by atoms with Crippen molar-refractivity contribution in [2.45, 2.75) is 19.4 Å². The first-order valence-electron chi connectivity index (χ1n) is 8.02. The first kappa shape index (κ1) is 16.9. The minimum absolute atomic E-state index is 0.00552. The number of nitrogens with one attached hydrogen (secondary N) is 1. The minimum atomic E-state index is -0.379. The lowest BCUT2D eigenvalue weighted by Gasteiger charge is -2.26. The number of rotatable bonds is 6. The van der Waals surface area contributed by atoms with Gasteiger partial charge in [-0.3, -0.25) is 24.1 Å². The lowest BCUT2D eigenvalue weighted by atomic mass is 9.98. The third-order valence-electron chi connectivity index (χ3n) is 3.97. The summed E-state index contributed by atoms with van der Waals surface area (Å²) in [6, 6.07) is 16.4. The summed E-state index contributed by atoms with van der Waals surface area (Å²) in [5.74, 6) is -1.03. The SMILES string of the molecule is O=C(CCN1C(=O)Cc2ccccc2C1=O)NOCc1ccccc1. The lowest BCUT2D eigenvalue weighted by molar-refractivity contribution is -0.135. The highest BCUT2D eigenvalue weighted by molar-refractivity contribution is 6.09. The number of hydroxylamine groups is 1. The van der Waals surface area contributed by atoms with Crippen molar-refractivity contribution in [1.29, 1.82) is 0 Å². The standard InChI is InChI=1S/C19H18N2O4/c22-17(20-25-13-14-6-2-1-3-7-14)10-11-21-18(23)12-15-8-4-5-9-16(15)19(21)24/h1-9H,10-13H2,(H,20,22). The van der Waals surface area contributed by atoms with Gasteiger partial charge in [0.25, 0.3) is 5.91 Å². The summed E-state index contributed by atoms with van der Waals surface area (Å²) >= 11 is 0. The largest absolute Gasteiger partial charge is 0.278 e. The molecule has 3 rings (SSSR count). The van der Waals surface area contributed by atoms with Gasteiger partial charge in [0.05, 0.1) is 13.0 Å². The van der Waals surface area contributed by atoms with E-state index in [1.165, 1.54) is 0 Å². The number of carbonyl (C=O) groups excluding carboxylic acids is 3. The fraction of sp³-hybridized carbons (Fsp3) is 0.211. The summed E-state index contributed by atoms with van der Waals surface area (Å²) in [6.45, 7) is 0.286. The topological polar surface area (TPSA) is 75.7 Å². The number of amides is 3. The fourth-order valence-corrected chi connectivity index (χ4v) is 2.66. The Labute approximate surface area is 145 Å². The van der Waals surface area contributed by atoms with E-state index in [2.05, 4.69) is 5.48 Å². The molecule has 1 aliphatic rings. The van der Waals surface area contributed by atoms with Crippen LogP contribution in [0.2, 0.25) is 0 Å². The van der Waals surface area contributed by atoms with E-state index in [-0.39, 0.29) is 43.7 Å². The molecular formula is C19H18N2O4. The average Bonchev–Trinajstić information content (AvgIpc) is 2.62. The van der Waals surface area contributed by atoms with Gasteiger partial charge < -0.3 is 0 Å². The molecule has 1 N–H and O–H groups in total. The van der Waals surface area contributed by atoms with Crippen LogP contribution in [0, 0.1) is 0 Å². The van der Waals surface area contributed by atoms with Crippen molar-refractivity contribution in [2.75, 3.05) is 6.54 Å². The van der Waals surface area contributed by atoms with E-state index in [1.54, 1.807) is 24.3 Å². The second kappa shape index (κ2) is 7.72. The maximum absolute atomic E-state index is 12.4. The molecule has 0 saturated carbocycles. The second-order valence-electron chi connectivity index (χ2n) is 5.73. The zero-order chi connectivity index (χ0) is 17.6. The number of hydrogen-bond donors (Lipinski definition) is 1. The van der Waals surface area contributed by atoms with Gasteiger partial charge in [-0.05, 0) is 17.2 Å². The van der Waals surface area contributed by atoms with Gasteiger partial charge in [-0.2, -0.15) is 0 Å². The normalized spacial score (nSPS) is 13.5. The van der Waals surface area contributed by atoms with E-state index in [1.807, 2.05) is 30.3 Å². The molecule has 25 heavy (non-hydrogen) atoms. The number of hydrogen-bond acceptors (Lipinski definition) is 4. The van der Waals surface area contributed by atoms with Crippen LogP contribution in [0.1, 0.15) is 27.9 Å². The van der Waals surface area contributed by atoms with Gasteiger partial charge in [0.1, 0.15) is 0 Å². The zero-order valence-corrected chi connectivity index (χ0v) is 13.6. The molecule has 3 amide bonds. The molecule has 0 bridgehead atoms. The third kappa shape index (κ3) is 4.10. The van der Waals surface area contributed by atoms with E-state index in [4.69, 9.17) is 4.84 Å². The van der Waals surface area contributed by atoms with Crippen LogP contribution in [0.3, 0.4) is 0 Å². The quantitative estimate of drug-likeness (QED) is 0.644. The van der Waals surface area contributed by atoms with Gasteiger partial charge in [-0.25, -0.2) is 5.48 Å². The fourth-order valence-electron chi connectivity index (χ4n) is 2.66. The molecule has 0 saturated heterocycles. The number of imide groups is 1. The van der Waals surface area contributed by atoms with Crippen LogP contribution in [0.5, 0.6) is 0 Å². The maximum Gasteiger partial charge on any atom is 0.260 e. The van der Waals surface area contributed by atoms with E-state index in [0.717, 1.165) is 16.0 Å². The molecule has 0 radical (unpaired) electrons. The summed E-state index contributed by atoms with van der Waals surface area (Å²) in [5, 5.41) is 0. The van der Waals surface area contributed by atoms with Crippen molar-refractivity contribution >= 4 is 17.7 Å². The molecule has 2 aromatic carbocycles. The molecule has 1 heterocycles. The Morgan fingerprint density at radius 2 is 1.76 bits per heavy atom. The van der Waals surface area contributed by atoms with Crippen LogP contribution >= 0.6 is 0 Å². The Balaban J connectivity index is 1.49. The smallest absolute Gasteiger partial charge is 0.260 e. The lowest BCUT2D eigenvalue weighted by Crippen LogP contribution is -2.44. The Morgan fingerprint density at radius 1 is 1.04 bits per heavy atom. The highest BCUT2D eigenvalue weighted by atomic mass is 16.6. The molecular weight excluding hydrogens is 320 g/mol. The van der Waals surface area contributed by atoms with E-state index < -0.39 is 0 Å². The van der Waals surface area contributed by atoms with Gasteiger partial charge in [0.15, 0.2) is 0 Å². The van der Waals surface area contributed by atoms with Crippen LogP contribution in [0.15, 0.2) is 54.6 Å². The van der Waals surface area contributed by atoms with Crippen molar-refractivity contribution in [1.82, 2.24) is 10.4 Å². The Morgan fingerprint density at radius 3 is 2.56 bits per heavy atom. The number of benzene rings is 2. The summed E-state index contributed by atoms with van der Waals surface area (Å²) < 4.78 is 0. The molecule has 0 aromatic heterocycles. The van der Waals surface area contributed by atoms with Crippen molar-refractivity contribution in [3.05, 3.63) is 71.3 Å². The van der Waals surface area contributed by atoms with Crippen LogP contribution in [-0.4, -0.2) is 29.2 Å². The molecule has 2 aromatic rings. The van der Waals surface area contributed by atoms with Crippen LogP contribution in [0.25, 0.3) is 0 Å². The van der Waals surface area contributed by atoms with E-state index >= 15 is 0 Å². The Bertz CT molecular complexity index is 789. The van der Waals surface area contributed by atoms with E-state index in [9.17, 15) is 14.4 Å². The predicted octanol–water partition coefficient (Wildman–Crippen LogP) is 1.85. The third-order valence-corrected chi connectivity index (χ3v) is 3.97. The van der Waals surface area contributed by atoms with Crippen LogP contribution in [-0.2, 0) is 27.5 Å². The zero-order valence-electron chi connectivity index (χ0n) is 13.6. The molecule has 128 valence electrons. The Hall–Kier alpha value is -2.99. The van der Waals surface area contributed by atoms with Crippen molar-refractivity contribution in [2.24, 2.45) is 0 Å². The van der Waals surface area contributed by atoms with Crippen LogP contribution in [0.4, 0.5) is 0 Å². The molecule has 6 heteroatoms. The van der Waals surface area contributed by atoms with Crippen LogP contribution < -0.4 is 5.48 Å². The monoisotopic (exact) mass is 338 g/mol. The summed E-state index contributed by atoms with van der Waals surface area (Å²) in [6.07, 6.45) is 0.169. The minimum Gasteiger partial charge on any atom is -0.278 e. The molecule has 0 aliphatic carbocycles. The number of nitrogens with zero attached hydrogens (tertiary/aromatic N) is 1. The van der Waals surface area contributed by atoms with Gasteiger partial charge in [-0.1, -0.05) is 48.5 Å². The van der Waals surface area contributed by atoms with Crippen molar-refractivity contribution < 1.29 is 19.2 Å². The second-order valence-corrected chi connectivity index (χ2v) is 5.73. The average molecular weight is 338 g/mol. The number of fused-ring (bicyclic) bond motifs is 1. The van der Waals surface area contributed by atoms with Gasteiger partial charge in [0, 0.05) is 18.5 Å².